The van der Waals surface area contributed by atoms with Gasteiger partial charge in [0.25, 0.3) is 0 Å². The number of nitrogens with zero attached hydrogens (tertiary/aromatic N) is 2. The topological polar surface area (TPSA) is 71.9 Å². The van der Waals surface area contributed by atoms with Gasteiger partial charge >= 0.3 is 0 Å². The molecule has 0 bridgehead atoms. The van der Waals surface area contributed by atoms with Gasteiger partial charge in [0.2, 0.25) is 0 Å². The molecule has 5 heteroatoms. The Labute approximate surface area is 141 Å². The molecule has 0 amide bonds. The number of ether oxygens (including phenoxy) is 1. The molecule has 0 spiro atoms. The largest absolute Gasteiger partial charge is 0.381 e. The van der Waals surface area contributed by atoms with Crippen molar-refractivity contribution in [3.05, 3.63) is 40.3 Å². The predicted octanol–water partition coefficient (Wildman–Crippen LogP) is 3.64. The third-order valence-corrected chi connectivity index (χ3v) is 5.10. The van der Waals surface area contributed by atoms with Crippen molar-refractivity contribution in [3.63, 3.8) is 0 Å². The van der Waals surface area contributed by atoms with Crippen LogP contribution >= 0.6 is 0 Å². The van der Waals surface area contributed by atoms with Crippen molar-refractivity contribution >= 4 is 10.9 Å². The standard InChI is InChI=1S/C19H22FN3O/c1-11-16(10-21)15-9-13(20)8-14(12(2)22)17(15)23-18(11)19(3)4-6-24-7-5-19/h8-9,12H,4-7,22H2,1-3H3. The zero-order chi connectivity index (χ0) is 17.5. The van der Waals surface area contributed by atoms with Gasteiger partial charge in [-0.25, -0.2) is 4.39 Å². The monoisotopic (exact) mass is 327 g/mol. The molecule has 2 heterocycles. The van der Waals surface area contributed by atoms with Crippen molar-refractivity contribution in [1.29, 1.82) is 5.26 Å². The van der Waals surface area contributed by atoms with E-state index >= 15 is 0 Å². The number of nitriles is 1. The Morgan fingerprint density at radius 2 is 2.04 bits per heavy atom. The van der Waals surface area contributed by atoms with Crippen LogP contribution in [0, 0.1) is 24.1 Å². The predicted molar refractivity (Wildman–Crippen MR) is 91.2 cm³/mol. The number of benzene rings is 1. The van der Waals surface area contributed by atoms with E-state index in [1.165, 1.54) is 12.1 Å². The number of hydrogen-bond donors (Lipinski definition) is 1. The molecule has 126 valence electrons. The summed E-state index contributed by atoms with van der Waals surface area (Å²) in [7, 11) is 0. The summed E-state index contributed by atoms with van der Waals surface area (Å²) in [5, 5.41) is 10.2. The molecule has 1 aliphatic rings. The summed E-state index contributed by atoms with van der Waals surface area (Å²) in [6.45, 7) is 7.23. The summed E-state index contributed by atoms with van der Waals surface area (Å²) in [5.74, 6) is -0.391. The number of nitrogens with two attached hydrogens (primary N) is 1. The molecule has 1 unspecified atom stereocenters. The zero-order valence-electron chi connectivity index (χ0n) is 14.3. The molecule has 0 saturated carbocycles. The molecule has 2 N–H and O–H groups in total. The van der Waals surface area contributed by atoms with Gasteiger partial charge in [-0.1, -0.05) is 6.92 Å². The minimum atomic E-state index is -0.391. The van der Waals surface area contributed by atoms with Crippen molar-refractivity contribution in [2.45, 2.75) is 45.1 Å². The Kier molecular flexibility index (Phi) is 4.29. The Morgan fingerprint density at radius 3 is 2.62 bits per heavy atom. The van der Waals surface area contributed by atoms with E-state index in [2.05, 4.69) is 13.0 Å². The van der Waals surface area contributed by atoms with Crippen LogP contribution in [0.3, 0.4) is 0 Å². The van der Waals surface area contributed by atoms with Crippen LogP contribution in [0.15, 0.2) is 12.1 Å². The summed E-state index contributed by atoms with van der Waals surface area (Å²) in [6.07, 6.45) is 1.71. The second-order valence-corrected chi connectivity index (χ2v) is 6.93. The SMILES string of the molecule is Cc1c(C2(C)CCOCC2)nc2c(C(C)N)cc(F)cc2c1C#N. The lowest BCUT2D eigenvalue weighted by atomic mass is 9.76. The van der Waals surface area contributed by atoms with Crippen LogP contribution in [0.25, 0.3) is 10.9 Å². The third-order valence-electron chi connectivity index (χ3n) is 5.10. The van der Waals surface area contributed by atoms with E-state index in [4.69, 9.17) is 15.5 Å². The first-order chi connectivity index (χ1) is 11.4. The van der Waals surface area contributed by atoms with E-state index in [0.717, 1.165) is 24.1 Å². The van der Waals surface area contributed by atoms with Gasteiger partial charge in [-0.05, 0) is 49.9 Å². The molecule has 1 aliphatic heterocycles. The normalized spacial score (nSPS) is 18.3. The third kappa shape index (κ3) is 2.66. The number of pyridine rings is 1. The highest BCUT2D eigenvalue weighted by molar-refractivity contribution is 5.89. The molecule has 2 aromatic rings. The van der Waals surface area contributed by atoms with Crippen LogP contribution < -0.4 is 5.73 Å². The Balaban J connectivity index is 2.36. The molecule has 3 rings (SSSR count). The second kappa shape index (κ2) is 6.12. The molecule has 24 heavy (non-hydrogen) atoms. The molecule has 1 saturated heterocycles. The minimum absolute atomic E-state index is 0.147. The van der Waals surface area contributed by atoms with Gasteiger partial charge in [0, 0.05) is 30.1 Å². The van der Waals surface area contributed by atoms with Crippen molar-refractivity contribution in [2.24, 2.45) is 5.73 Å². The molecule has 1 aromatic carbocycles. The van der Waals surface area contributed by atoms with Crippen LogP contribution in [-0.4, -0.2) is 18.2 Å². The van der Waals surface area contributed by atoms with Gasteiger partial charge in [0.1, 0.15) is 11.9 Å². The molecule has 1 aromatic heterocycles. The van der Waals surface area contributed by atoms with E-state index < -0.39 is 5.82 Å². The van der Waals surface area contributed by atoms with E-state index in [0.29, 0.717) is 35.2 Å². The maximum absolute atomic E-state index is 14.0. The van der Waals surface area contributed by atoms with E-state index in [-0.39, 0.29) is 11.5 Å². The minimum Gasteiger partial charge on any atom is -0.381 e. The molecule has 0 aliphatic carbocycles. The van der Waals surface area contributed by atoms with Crippen LogP contribution in [0.2, 0.25) is 0 Å². The van der Waals surface area contributed by atoms with Crippen molar-refractivity contribution in [3.8, 4) is 6.07 Å². The van der Waals surface area contributed by atoms with E-state index in [1.807, 2.05) is 6.92 Å². The van der Waals surface area contributed by atoms with Crippen molar-refractivity contribution in [1.82, 2.24) is 4.98 Å². The highest BCUT2D eigenvalue weighted by Crippen LogP contribution is 2.38. The fourth-order valence-corrected chi connectivity index (χ4v) is 3.59. The summed E-state index contributed by atoms with van der Waals surface area (Å²) in [4.78, 5) is 4.89. The molecule has 0 radical (unpaired) electrons. The lowest BCUT2D eigenvalue weighted by Crippen LogP contribution is -2.32. The fourth-order valence-electron chi connectivity index (χ4n) is 3.59. The smallest absolute Gasteiger partial charge is 0.124 e. The highest BCUT2D eigenvalue weighted by atomic mass is 19.1. The number of fused-ring (bicyclic) bond motifs is 1. The van der Waals surface area contributed by atoms with Crippen LogP contribution in [-0.2, 0) is 10.2 Å². The zero-order valence-corrected chi connectivity index (χ0v) is 14.3. The van der Waals surface area contributed by atoms with Crippen LogP contribution in [0.5, 0.6) is 0 Å². The van der Waals surface area contributed by atoms with E-state index in [1.54, 1.807) is 6.92 Å². The van der Waals surface area contributed by atoms with Gasteiger partial charge in [-0.2, -0.15) is 5.26 Å². The summed E-state index contributed by atoms with van der Waals surface area (Å²) < 4.78 is 19.5. The van der Waals surface area contributed by atoms with Gasteiger partial charge < -0.3 is 10.5 Å². The van der Waals surface area contributed by atoms with Gasteiger partial charge in [-0.3, -0.25) is 4.98 Å². The number of rotatable bonds is 2. The Morgan fingerprint density at radius 1 is 1.38 bits per heavy atom. The van der Waals surface area contributed by atoms with Gasteiger partial charge in [0.05, 0.1) is 16.8 Å². The summed E-state index contributed by atoms with van der Waals surface area (Å²) in [6, 6.07) is 4.70. The van der Waals surface area contributed by atoms with Crippen molar-refractivity contribution < 1.29 is 9.13 Å². The average Bonchev–Trinajstić information content (AvgIpc) is 2.54. The van der Waals surface area contributed by atoms with Gasteiger partial charge in [0.15, 0.2) is 0 Å². The molecule has 1 atom stereocenters. The Bertz CT molecular complexity index is 833. The molecule has 4 nitrogen and oxygen atoms in total. The lowest BCUT2D eigenvalue weighted by molar-refractivity contribution is 0.0549. The summed E-state index contributed by atoms with van der Waals surface area (Å²) >= 11 is 0. The van der Waals surface area contributed by atoms with E-state index in [9.17, 15) is 9.65 Å². The second-order valence-electron chi connectivity index (χ2n) is 6.93. The first-order valence-corrected chi connectivity index (χ1v) is 8.25. The quantitative estimate of drug-likeness (QED) is 0.914. The number of halogens is 1. The summed E-state index contributed by atoms with van der Waals surface area (Å²) in [5.41, 5.74) is 9.38. The Hall–Kier alpha value is -2.03. The molecule has 1 fully saturated rings. The van der Waals surface area contributed by atoms with Crippen molar-refractivity contribution in [2.75, 3.05) is 13.2 Å². The number of hydrogen-bond acceptors (Lipinski definition) is 4. The lowest BCUT2D eigenvalue weighted by Gasteiger charge is -2.34. The van der Waals surface area contributed by atoms with Gasteiger partial charge in [-0.15, -0.1) is 0 Å². The maximum atomic E-state index is 14.0. The van der Waals surface area contributed by atoms with Crippen LogP contribution in [0.1, 0.15) is 55.1 Å². The fraction of sp³-hybridized carbons (Fsp3) is 0.474. The van der Waals surface area contributed by atoms with Crippen LogP contribution in [0.4, 0.5) is 4.39 Å². The first-order valence-electron chi connectivity index (χ1n) is 8.25. The first kappa shape index (κ1) is 16.8. The molecular formula is C19H22FN3O. The maximum Gasteiger partial charge on any atom is 0.124 e. The highest BCUT2D eigenvalue weighted by Gasteiger charge is 2.34. The number of aromatic nitrogens is 1. The molecular weight excluding hydrogens is 305 g/mol. The average molecular weight is 327 g/mol.